The van der Waals surface area contributed by atoms with Gasteiger partial charge in [-0.15, -0.1) is 11.8 Å². The van der Waals surface area contributed by atoms with E-state index in [0.717, 1.165) is 48.2 Å². The summed E-state index contributed by atoms with van der Waals surface area (Å²) in [5, 5.41) is 3.88. The molecule has 1 saturated heterocycles. The fraction of sp³-hybridized carbons (Fsp3) is 0.389. The Morgan fingerprint density at radius 3 is 2.88 bits per heavy atom. The maximum Gasteiger partial charge on any atom is 0.230 e. The minimum Gasteiger partial charge on any atom is -0.351 e. The van der Waals surface area contributed by atoms with Crippen molar-refractivity contribution < 1.29 is 4.79 Å². The Bertz CT molecular complexity index is 700. The molecule has 25 heavy (non-hydrogen) atoms. The second kappa shape index (κ2) is 9.06. The van der Waals surface area contributed by atoms with Gasteiger partial charge in [0.1, 0.15) is 0 Å². The Labute approximate surface area is 157 Å². The van der Waals surface area contributed by atoms with Gasteiger partial charge in [-0.1, -0.05) is 29.8 Å². The molecule has 1 aliphatic rings. The number of amides is 1. The molecule has 2 aromatic rings. The first-order valence-corrected chi connectivity index (χ1v) is 9.88. The minimum atomic E-state index is 0.0675. The van der Waals surface area contributed by atoms with Crippen molar-refractivity contribution in [3.8, 4) is 0 Å². The van der Waals surface area contributed by atoms with E-state index in [1.807, 2.05) is 30.3 Å². The Hall–Kier alpha value is -1.79. The summed E-state index contributed by atoms with van der Waals surface area (Å²) >= 11 is 7.72. The van der Waals surface area contributed by atoms with E-state index in [9.17, 15) is 4.79 Å². The number of carbonyl (C=O) groups excluding carboxylic acids is 1. The number of nitrogens with one attached hydrogen (secondary N) is 1. The monoisotopic (exact) mass is 376 g/mol. The van der Waals surface area contributed by atoms with Crippen molar-refractivity contribution in [3.05, 3.63) is 53.3 Å². The van der Waals surface area contributed by atoms with Crippen molar-refractivity contribution in [2.75, 3.05) is 23.7 Å². The molecule has 1 N–H and O–H groups in total. The quantitative estimate of drug-likeness (QED) is 0.839. The normalized spacial score (nSPS) is 17.3. The Balaban J connectivity index is 1.44. The van der Waals surface area contributed by atoms with Crippen LogP contribution in [0.2, 0.25) is 5.02 Å². The highest BCUT2D eigenvalue weighted by molar-refractivity contribution is 7.99. The number of piperidine rings is 1. The van der Waals surface area contributed by atoms with Crippen LogP contribution < -0.4 is 10.2 Å². The van der Waals surface area contributed by atoms with Crippen LogP contribution in [0.5, 0.6) is 0 Å². The number of halogens is 1. The molecule has 0 radical (unpaired) electrons. The van der Waals surface area contributed by atoms with E-state index in [4.69, 9.17) is 11.6 Å². The zero-order valence-corrected chi connectivity index (χ0v) is 15.5. The molecular formula is C18H21ClN4OS. The van der Waals surface area contributed by atoms with Gasteiger partial charge in [-0.3, -0.25) is 4.79 Å². The maximum absolute atomic E-state index is 12.2. The largest absolute Gasteiger partial charge is 0.351 e. The molecule has 1 fully saturated rings. The predicted octanol–water partition coefficient (Wildman–Crippen LogP) is 3.15. The second-order valence-electron chi connectivity index (χ2n) is 5.99. The van der Waals surface area contributed by atoms with Crippen LogP contribution >= 0.6 is 23.4 Å². The van der Waals surface area contributed by atoms with Crippen molar-refractivity contribution in [1.29, 1.82) is 0 Å². The lowest BCUT2D eigenvalue weighted by atomic mass is 10.1. The fourth-order valence-electron chi connectivity index (χ4n) is 2.87. The summed E-state index contributed by atoms with van der Waals surface area (Å²) in [6, 6.07) is 9.69. The molecule has 132 valence electrons. The van der Waals surface area contributed by atoms with Gasteiger partial charge in [-0.25, -0.2) is 9.97 Å². The molecule has 1 aliphatic heterocycles. The summed E-state index contributed by atoms with van der Waals surface area (Å²) in [6.07, 6.45) is 5.51. The van der Waals surface area contributed by atoms with Crippen LogP contribution in [0.15, 0.2) is 42.7 Å². The molecule has 0 aliphatic carbocycles. The van der Waals surface area contributed by atoms with Crippen LogP contribution in [-0.4, -0.2) is 40.8 Å². The van der Waals surface area contributed by atoms with Gasteiger partial charge in [-0.05, 0) is 30.5 Å². The van der Waals surface area contributed by atoms with Crippen molar-refractivity contribution in [3.63, 3.8) is 0 Å². The number of thioether (sulfide) groups is 1. The predicted molar refractivity (Wildman–Crippen MR) is 103 cm³/mol. The summed E-state index contributed by atoms with van der Waals surface area (Å²) in [4.78, 5) is 22.9. The number of hydrogen-bond donors (Lipinski definition) is 1. The smallest absolute Gasteiger partial charge is 0.230 e. The van der Waals surface area contributed by atoms with Crippen molar-refractivity contribution in [2.45, 2.75) is 24.6 Å². The standard InChI is InChI=1S/C18H21ClN4OS/c19-16-7-2-1-5-14(16)12-25-13-17(24)22-15-6-3-10-23(11-15)18-20-8-4-9-21-18/h1-2,4-5,7-9,15H,3,6,10-13H2,(H,22,24)/t15-/m0/s1. The van der Waals surface area contributed by atoms with Crippen molar-refractivity contribution in [1.82, 2.24) is 15.3 Å². The summed E-state index contributed by atoms with van der Waals surface area (Å²) in [5.41, 5.74) is 1.06. The van der Waals surface area contributed by atoms with E-state index in [1.165, 1.54) is 0 Å². The summed E-state index contributed by atoms with van der Waals surface area (Å²) in [7, 11) is 0. The van der Waals surface area contributed by atoms with Crippen LogP contribution in [0.1, 0.15) is 18.4 Å². The van der Waals surface area contributed by atoms with Crippen molar-refractivity contribution in [2.24, 2.45) is 0 Å². The van der Waals surface area contributed by atoms with Crippen LogP contribution in [0.3, 0.4) is 0 Å². The zero-order chi connectivity index (χ0) is 17.5. The molecule has 0 spiro atoms. The lowest BCUT2D eigenvalue weighted by molar-refractivity contribution is -0.119. The van der Waals surface area contributed by atoms with Crippen molar-refractivity contribution >= 4 is 35.2 Å². The molecule has 2 heterocycles. The molecule has 0 saturated carbocycles. The lowest BCUT2D eigenvalue weighted by Crippen LogP contribution is -2.48. The average molecular weight is 377 g/mol. The van der Waals surface area contributed by atoms with Gasteiger partial charge in [0.25, 0.3) is 0 Å². The first-order valence-electron chi connectivity index (χ1n) is 8.35. The van der Waals surface area contributed by atoms with E-state index in [-0.39, 0.29) is 11.9 Å². The third kappa shape index (κ3) is 5.34. The van der Waals surface area contributed by atoms with Crippen LogP contribution in [0.4, 0.5) is 5.95 Å². The average Bonchev–Trinajstić information content (AvgIpc) is 2.64. The van der Waals surface area contributed by atoms with Gasteiger partial charge >= 0.3 is 0 Å². The van der Waals surface area contributed by atoms with Gasteiger partial charge < -0.3 is 10.2 Å². The van der Waals surface area contributed by atoms with Crippen LogP contribution in [-0.2, 0) is 10.5 Å². The zero-order valence-electron chi connectivity index (χ0n) is 13.9. The van der Waals surface area contributed by atoms with Gasteiger partial charge in [0.05, 0.1) is 5.75 Å². The number of nitrogens with zero attached hydrogens (tertiary/aromatic N) is 3. The molecule has 1 aromatic heterocycles. The SMILES string of the molecule is O=C(CSCc1ccccc1Cl)N[C@H]1CCCN(c2ncccn2)C1. The summed E-state index contributed by atoms with van der Waals surface area (Å²) < 4.78 is 0. The summed E-state index contributed by atoms with van der Waals surface area (Å²) in [6.45, 7) is 1.68. The second-order valence-corrected chi connectivity index (χ2v) is 7.38. The Morgan fingerprint density at radius 2 is 2.08 bits per heavy atom. The van der Waals surface area contributed by atoms with Gasteiger partial charge in [-0.2, -0.15) is 0 Å². The highest BCUT2D eigenvalue weighted by Crippen LogP contribution is 2.21. The molecule has 5 nitrogen and oxygen atoms in total. The first-order chi connectivity index (χ1) is 12.2. The third-order valence-corrected chi connectivity index (χ3v) is 5.42. The number of benzene rings is 1. The summed E-state index contributed by atoms with van der Waals surface area (Å²) in [5.74, 6) is 1.97. The molecule has 3 rings (SSSR count). The number of hydrogen-bond acceptors (Lipinski definition) is 5. The molecule has 7 heteroatoms. The van der Waals surface area contributed by atoms with E-state index >= 15 is 0 Å². The van der Waals surface area contributed by atoms with Gasteiger partial charge in [0, 0.05) is 42.3 Å². The Kier molecular flexibility index (Phi) is 6.53. The number of anilines is 1. The fourth-order valence-corrected chi connectivity index (χ4v) is 3.99. The number of carbonyl (C=O) groups is 1. The van der Waals surface area contributed by atoms with E-state index in [0.29, 0.717) is 5.75 Å². The first kappa shape index (κ1) is 18.0. The van der Waals surface area contributed by atoms with Crippen LogP contribution in [0, 0.1) is 0 Å². The molecule has 1 amide bonds. The molecular weight excluding hydrogens is 356 g/mol. The maximum atomic E-state index is 12.2. The molecule has 1 aromatic carbocycles. The van der Waals surface area contributed by atoms with E-state index < -0.39 is 0 Å². The highest BCUT2D eigenvalue weighted by atomic mass is 35.5. The molecule has 0 bridgehead atoms. The van der Waals surface area contributed by atoms with E-state index in [1.54, 1.807) is 24.2 Å². The molecule has 0 unspecified atom stereocenters. The lowest BCUT2D eigenvalue weighted by Gasteiger charge is -2.33. The number of aromatic nitrogens is 2. The Morgan fingerprint density at radius 1 is 1.28 bits per heavy atom. The minimum absolute atomic E-state index is 0.0675. The van der Waals surface area contributed by atoms with Gasteiger partial charge in [0.2, 0.25) is 11.9 Å². The highest BCUT2D eigenvalue weighted by Gasteiger charge is 2.22. The van der Waals surface area contributed by atoms with Gasteiger partial charge in [0.15, 0.2) is 0 Å². The number of rotatable bonds is 6. The molecule has 1 atom stereocenters. The van der Waals surface area contributed by atoms with E-state index in [2.05, 4.69) is 20.2 Å². The van der Waals surface area contributed by atoms with Crippen LogP contribution in [0.25, 0.3) is 0 Å². The topological polar surface area (TPSA) is 58.1 Å². The third-order valence-electron chi connectivity index (χ3n) is 4.07.